The van der Waals surface area contributed by atoms with Gasteiger partial charge in [0.15, 0.2) is 10.8 Å². The van der Waals surface area contributed by atoms with Crippen LogP contribution in [-0.2, 0) is 9.59 Å². The monoisotopic (exact) mass is 387 g/mol. The van der Waals surface area contributed by atoms with Crippen molar-refractivity contribution in [1.29, 1.82) is 0 Å². The van der Waals surface area contributed by atoms with E-state index in [4.69, 9.17) is 28.9 Å². The van der Waals surface area contributed by atoms with E-state index in [1.165, 1.54) is 11.8 Å². The highest BCUT2D eigenvalue weighted by Crippen LogP contribution is 2.26. The minimum atomic E-state index is -0.292. The van der Waals surface area contributed by atoms with E-state index in [1.54, 1.807) is 21.6 Å². The number of piperidine rings is 1. The fourth-order valence-electron chi connectivity index (χ4n) is 2.63. The molecule has 3 rings (SSSR count). The lowest BCUT2D eigenvalue weighted by Gasteiger charge is -2.30. The molecule has 1 saturated heterocycles. The van der Waals surface area contributed by atoms with Gasteiger partial charge in [0.25, 0.3) is 0 Å². The Balaban J connectivity index is 1.62. The molecule has 2 aromatic heterocycles. The molecule has 2 aromatic rings. The number of likely N-dealkylation sites (tertiary alicyclic amines) is 1. The van der Waals surface area contributed by atoms with Crippen molar-refractivity contribution in [3.8, 4) is 0 Å². The lowest BCUT2D eigenvalue weighted by molar-refractivity contribution is -0.132. The summed E-state index contributed by atoms with van der Waals surface area (Å²) in [7, 11) is 0. The average molecular weight is 388 g/mol. The van der Waals surface area contributed by atoms with Crippen molar-refractivity contribution < 1.29 is 9.59 Å². The van der Waals surface area contributed by atoms with Crippen LogP contribution in [0.25, 0.3) is 5.65 Å². The van der Waals surface area contributed by atoms with Gasteiger partial charge in [-0.2, -0.15) is 0 Å². The van der Waals surface area contributed by atoms with Crippen molar-refractivity contribution in [3.63, 3.8) is 0 Å². The van der Waals surface area contributed by atoms with Crippen LogP contribution in [0.4, 0.5) is 0 Å². The Labute approximate surface area is 152 Å². The Kier molecular flexibility index (Phi) is 5.17. The molecule has 0 saturated carbocycles. The van der Waals surface area contributed by atoms with E-state index in [0.717, 1.165) is 0 Å². The van der Waals surface area contributed by atoms with Crippen LogP contribution in [0.1, 0.15) is 12.8 Å². The third-order valence-corrected chi connectivity index (χ3v) is 5.38. The second-order valence-electron chi connectivity index (χ2n) is 5.53. The van der Waals surface area contributed by atoms with Gasteiger partial charge in [0.05, 0.1) is 15.8 Å². The highest BCUT2D eigenvalue weighted by Gasteiger charge is 2.26. The van der Waals surface area contributed by atoms with Gasteiger partial charge in [-0.1, -0.05) is 35.0 Å². The highest BCUT2D eigenvalue weighted by atomic mass is 35.5. The van der Waals surface area contributed by atoms with Crippen LogP contribution < -0.4 is 5.73 Å². The summed E-state index contributed by atoms with van der Waals surface area (Å²) >= 11 is 13.3. The first-order valence-electron chi connectivity index (χ1n) is 7.35. The van der Waals surface area contributed by atoms with Crippen LogP contribution in [0.3, 0.4) is 0 Å². The average Bonchev–Trinajstić information content (AvgIpc) is 2.96. The Morgan fingerprint density at radius 3 is 2.67 bits per heavy atom. The smallest absolute Gasteiger partial charge is 0.233 e. The van der Waals surface area contributed by atoms with E-state index in [-0.39, 0.29) is 23.5 Å². The maximum Gasteiger partial charge on any atom is 0.233 e. The molecule has 7 nitrogen and oxygen atoms in total. The molecule has 1 aliphatic rings. The fourth-order valence-corrected chi connectivity index (χ4v) is 3.95. The molecule has 1 fully saturated rings. The molecule has 2 amide bonds. The lowest BCUT2D eigenvalue weighted by atomic mass is 9.96. The fraction of sp³-hybridized carbons (Fsp3) is 0.429. The normalized spacial score (nSPS) is 15.8. The standard InChI is InChI=1S/C14H15Cl2N5O2S/c15-9-5-10(16)13-18-19-14(21(13)6-9)24-7-11(22)20-3-1-8(2-4-20)12(17)23/h5-6,8H,1-4,7H2,(H2,17,23). The van der Waals surface area contributed by atoms with Gasteiger partial charge in [-0.05, 0) is 18.9 Å². The summed E-state index contributed by atoms with van der Waals surface area (Å²) in [6, 6.07) is 1.59. The molecular formula is C14H15Cl2N5O2S. The number of nitrogens with two attached hydrogens (primary N) is 1. The number of amides is 2. The van der Waals surface area contributed by atoms with Crippen molar-refractivity contribution in [2.45, 2.75) is 18.0 Å². The van der Waals surface area contributed by atoms with Gasteiger partial charge in [0.2, 0.25) is 11.8 Å². The van der Waals surface area contributed by atoms with Gasteiger partial charge in [-0.25, -0.2) is 0 Å². The molecule has 0 spiro atoms. The molecule has 0 aliphatic carbocycles. The van der Waals surface area contributed by atoms with Crippen LogP contribution in [0.5, 0.6) is 0 Å². The second kappa shape index (κ2) is 7.16. The summed E-state index contributed by atoms with van der Waals surface area (Å²) < 4.78 is 1.67. The van der Waals surface area contributed by atoms with E-state index in [1.807, 2.05) is 0 Å². The maximum atomic E-state index is 12.3. The first kappa shape index (κ1) is 17.3. The summed E-state index contributed by atoms with van der Waals surface area (Å²) in [5, 5.41) is 9.48. The van der Waals surface area contributed by atoms with Crippen LogP contribution in [0.2, 0.25) is 10.0 Å². The molecule has 0 bridgehead atoms. The molecular weight excluding hydrogens is 373 g/mol. The number of fused-ring (bicyclic) bond motifs is 1. The van der Waals surface area contributed by atoms with E-state index >= 15 is 0 Å². The Morgan fingerprint density at radius 2 is 2.00 bits per heavy atom. The summed E-state index contributed by atoms with van der Waals surface area (Å²) in [6.07, 6.45) is 2.89. The van der Waals surface area contributed by atoms with Crippen molar-refractivity contribution in [3.05, 3.63) is 22.3 Å². The number of carbonyl (C=O) groups is 2. The molecule has 0 aromatic carbocycles. The van der Waals surface area contributed by atoms with Gasteiger partial charge in [-0.3, -0.25) is 14.0 Å². The van der Waals surface area contributed by atoms with E-state index in [9.17, 15) is 9.59 Å². The SMILES string of the molecule is NC(=O)C1CCN(C(=O)CSc2nnc3c(Cl)cc(Cl)cn23)CC1. The first-order valence-corrected chi connectivity index (χ1v) is 9.09. The Bertz CT molecular complexity index is 789. The largest absolute Gasteiger partial charge is 0.369 e. The summed E-state index contributed by atoms with van der Waals surface area (Å²) in [6.45, 7) is 1.09. The number of pyridine rings is 1. The van der Waals surface area contributed by atoms with Gasteiger partial charge in [0, 0.05) is 25.2 Å². The molecule has 0 radical (unpaired) electrons. The number of primary amides is 1. The number of hydrogen-bond acceptors (Lipinski definition) is 5. The van der Waals surface area contributed by atoms with Crippen LogP contribution in [-0.4, -0.2) is 50.2 Å². The zero-order valence-corrected chi connectivity index (χ0v) is 14.9. The van der Waals surface area contributed by atoms with Gasteiger partial charge >= 0.3 is 0 Å². The number of nitrogens with zero attached hydrogens (tertiary/aromatic N) is 4. The van der Waals surface area contributed by atoms with Crippen molar-refractivity contribution in [2.24, 2.45) is 11.7 Å². The topological polar surface area (TPSA) is 93.6 Å². The van der Waals surface area contributed by atoms with Crippen molar-refractivity contribution in [2.75, 3.05) is 18.8 Å². The second-order valence-corrected chi connectivity index (χ2v) is 7.31. The van der Waals surface area contributed by atoms with Crippen LogP contribution >= 0.6 is 35.0 Å². The van der Waals surface area contributed by atoms with E-state index in [0.29, 0.717) is 46.8 Å². The third kappa shape index (κ3) is 3.60. The highest BCUT2D eigenvalue weighted by molar-refractivity contribution is 7.99. The van der Waals surface area contributed by atoms with E-state index in [2.05, 4.69) is 10.2 Å². The number of aromatic nitrogens is 3. The Morgan fingerprint density at radius 1 is 1.29 bits per heavy atom. The molecule has 2 N–H and O–H groups in total. The minimum absolute atomic E-state index is 0.00667. The quantitative estimate of drug-likeness (QED) is 0.807. The van der Waals surface area contributed by atoms with Gasteiger partial charge < -0.3 is 10.6 Å². The predicted octanol–water partition coefficient (Wildman–Crippen LogP) is 1.85. The molecule has 0 atom stereocenters. The lowest BCUT2D eigenvalue weighted by Crippen LogP contribution is -2.42. The summed E-state index contributed by atoms with van der Waals surface area (Å²) in [5.74, 6) is -0.203. The number of thioether (sulfide) groups is 1. The number of halogens is 2. The van der Waals surface area contributed by atoms with Crippen LogP contribution in [0.15, 0.2) is 17.4 Å². The number of carbonyl (C=O) groups excluding carboxylic acids is 2. The molecule has 10 heteroatoms. The Hall–Kier alpha value is -1.51. The van der Waals surface area contributed by atoms with Crippen molar-refractivity contribution >= 4 is 52.4 Å². The van der Waals surface area contributed by atoms with E-state index < -0.39 is 0 Å². The van der Waals surface area contributed by atoms with Crippen molar-refractivity contribution in [1.82, 2.24) is 19.5 Å². The first-order chi connectivity index (χ1) is 11.5. The third-order valence-electron chi connectivity index (χ3n) is 3.97. The molecule has 24 heavy (non-hydrogen) atoms. The van der Waals surface area contributed by atoms with Gasteiger partial charge in [-0.15, -0.1) is 10.2 Å². The number of rotatable bonds is 4. The van der Waals surface area contributed by atoms with Gasteiger partial charge in [0.1, 0.15) is 0 Å². The number of hydrogen-bond donors (Lipinski definition) is 1. The molecule has 1 aliphatic heterocycles. The zero-order chi connectivity index (χ0) is 17.3. The van der Waals surface area contributed by atoms with Crippen LogP contribution in [0, 0.1) is 5.92 Å². The molecule has 128 valence electrons. The summed E-state index contributed by atoms with van der Waals surface area (Å²) in [5.41, 5.74) is 5.80. The predicted molar refractivity (Wildman–Crippen MR) is 92.2 cm³/mol. The minimum Gasteiger partial charge on any atom is -0.369 e. The molecule has 3 heterocycles. The summed E-state index contributed by atoms with van der Waals surface area (Å²) in [4.78, 5) is 25.2. The maximum absolute atomic E-state index is 12.3. The zero-order valence-electron chi connectivity index (χ0n) is 12.6. The molecule has 0 unspecified atom stereocenters.